The first kappa shape index (κ1) is 12.4. The summed E-state index contributed by atoms with van der Waals surface area (Å²) in [5, 5.41) is 0.0725. The summed E-state index contributed by atoms with van der Waals surface area (Å²) in [4.78, 5) is 4.18. The minimum Gasteiger partial charge on any atom is -0.447 e. The van der Waals surface area contributed by atoms with Gasteiger partial charge >= 0.3 is 0 Å². The van der Waals surface area contributed by atoms with E-state index in [1.54, 1.807) is 24.3 Å². The van der Waals surface area contributed by atoms with E-state index in [1.165, 1.54) is 6.39 Å². The minimum absolute atomic E-state index is 0.0725. The number of nitrogens with zero attached hydrogens (tertiary/aromatic N) is 1. The second-order valence-electron chi connectivity index (χ2n) is 5.04. The molecule has 3 rings (SSSR count). The molecule has 1 saturated carbocycles. The van der Waals surface area contributed by atoms with Crippen LogP contribution in [0, 0.1) is 12.8 Å². The molecule has 5 heteroatoms. The van der Waals surface area contributed by atoms with Crippen LogP contribution in [0.5, 0.6) is 0 Å². The molecule has 1 aliphatic rings. The lowest BCUT2D eigenvalue weighted by Crippen LogP contribution is -2.06. The third kappa shape index (κ3) is 2.42. The number of hydrogen-bond acceptors (Lipinski definition) is 4. The van der Waals surface area contributed by atoms with Crippen LogP contribution in [-0.4, -0.2) is 13.4 Å². The quantitative estimate of drug-likeness (QED) is 0.862. The Labute approximate surface area is 112 Å². The van der Waals surface area contributed by atoms with Crippen LogP contribution in [0.1, 0.15) is 24.2 Å². The monoisotopic (exact) mass is 277 g/mol. The summed E-state index contributed by atoms with van der Waals surface area (Å²) in [6, 6.07) is 6.79. The first-order valence-electron chi connectivity index (χ1n) is 6.31. The third-order valence-corrected chi connectivity index (χ3v) is 5.10. The van der Waals surface area contributed by atoms with Gasteiger partial charge in [0.25, 0.3) is 0 Å². The minimum atomic E-state index is -3.57. The van der Waals surface area contributed by atoms with Gasteiger partial charge in [0.1, 0.15) is 5.76 Å². The highest BCUT2D eigenvalue weighted by atomic mass is 32.2. The van der Waals surface area contributed by atoms with E-state index in [9.17, 15) is 8.42 Å². The van der Waals surface area contributed by atoms with E-state index in [0.29, 0.717) is 18.1 Å². The molecule has 19 heavy (non-hydrogen) atoms. The van der Waals surface area contributed by atoms with Crippen LogP contribution < -0.4 is 0 Å². The maximum atomic E-state index is 12.5. The Balaban J connectivity index is 1.99. The van der Waals surface area contributed by atoms with Gasteiger partial charge in [-0.05, 0) is 37.8 Å². The SMILES string of the molecule is Cc1ccc(S(=O)(=O)c2ncoc2CC2CC2)cc1. The Morgan fingerprint density at radius 2 is 1.95 bits per heavy atom. The number of rotatable bonds is 4. The van der Waals surface area contributed by atoms with Crippen molar-refractivity contribution in [1.82, 2.24) is 4.98 Å². The Hall–Kier alpha value is -1.62. The van der Waals surface area contributed by atoms with E-state index in [0.717, 1.165) is 18.4 Å². The Kier molecular flexibility index (Phi) is 2.93. The fraction of sp³-hybridized carbons (Fsp3) is 0.357. The average Bonchev–Trinajstić information content (AvgIpc) is 3.05. The number of aryl methyl sites for hydroxylation is 1. The van der Waals surface area contributed by atoms with E-state index in [-0.39, 0.29) is 9.92 Å². The fourth-order valence-corrected chi connectivity index (χ4v) is 3.36. The third-order valence-electron chi connectivity index (χ3n) is 3.36. The summed E-state index contributed by atoms with van der Waals surface area (Å²) >= 11 is 0. The number of sulfone groups is 1. The molecule has 4 nitrogen and oxygen atoms in total. The average molecular weight is 277 g/mol. The maximum Gasteiger partial charge on any atom is 0.227 e. The number of benzene rings is 1. The zero-order valence-electron chi connectivity index (χ0n) is 10.7. The van der Waals surface area contributed by atoms with Gasteiger partial charge in [0.15, 0.2) is 6.39 Å². The molecule has 1 aliphatic carbocycles. The van der Waals surface area contributed by atoms with Crippen molar-refractivity contribution >= 4 is 9.84 Å². The molecule has 0 aliphatic heterocycles. The van der Waals surface area contributed by atoms with Gasteiger partial charge < -0.3 is 4.42 Å². The number of aromatic nitrogens is 1. The molecular weight excluding hydrogens is 262 g/mol. The molecule has 1 heterocycles. The van der Waals surface area contributed by atoms with Gasteiger partial charge in [-0.2, -0.15) is 0 Å². The Morgan fingerprint density at radius 1 is 1.26 bits per heavy atom. The van der Waals surface area contributed by atoms with Crippen molar-refractivity contribution in [1.29, 1.82) is 0 Å². The molecule has 0 N–H and O–H groups in total. The molecule has 0 atom stereocenters. The first-order valence-corrected chi connectivity index (χ1v) is 7.80. The van der Waals surface area contributed by atoms with Crippen molar-refractivity contribution in [3.8, 4) is 0 Å². The van der Waals surface area contributed by atoms with Crippen molar-refractivity contribution in [2.75, 3.05) is 0 Å². The number of oxazole rings is 1. The predicted molar refractivity (Wildman–Crippen MR) is 69.6 cm³/mol. The normalized spacial score (nSPS) is 15.6. The zero-order valence-corrected chi connectivity index (χ0v) is 11.5. The van der Waals surface area contributed by atoms with Crippen molar-refractivity contribution < 1.29 is 12.8 Å². The van der Waals surface area contributed by atoms with Crippen molar-refractivity contribution in [3.05, 3.63) is 42.0 Å². The van der Waals surface area contributed by atoms with E-state index in [1.807, 2.05) is 6.92 Å². The highest BCUT2D eigenvalue weighted by molar-refractivity contribution is 7.91. The maximum absolute atomic E-state index is 12.5. The van der Waals surface area contributed by atoms with Crippen LogP contribution in [0.2, 0.25) is 0 Å². The van der Waals surface area contributed by atoms with Crippen LogP contribution in [-0.2, 0) is 16.3 Å². The lowest BCUT2D eigenvalue weighted by molar-refractivity contribution is 0.483. The Bertz CT molecular complexity index is 682. The molecule has 1 fully saturated rings. The first-order chi connectivity index (χ1) is 9.07. The van der Waals surface area contributed by atoms with Crippen molar-refractivity contribution in [3.63, 3.8) is 0 Å². The van der Waals surface area contributed by atoms with Crippen molar-refractivity contribution in [2.45, 2.75) is 36.1 Å². The zero-order chi connectivity index (χ0) is 13.5. The van der Waals surface area contributed by atoms with Gasteiger partial charge in [-0.1, -0.05) is 17.7 Å². The van der Waals surface area contributed by atoms with Gasteiger partial charge in [-0.15, -0.1) is 0 Å². The highest BCUT2D eigenvalue weighted by Gasteiger charge is 2.30. The second kappa shape index (κ2) is 4.49. The molecule has 100 valence electrons. The molecular formula is C14H15NO3S. The van der Waals surface area contributed by atoms with Crippen LogP contribution in [0.15, 0.2) is 45.0 Å². The van der Waals surface area contributed by atoms with Gasteiger partial charge in [0.2, 0.25) is 14.9 Å². The molecule has 1 aromatic carbocycles. The summed E-state index contributed by atoms with van der Waals surface area (Å²) in [5.41, 5.74) is 1.03. The highest BCUT2D eigenvalue weighted by Crippen LogP contribution is 2.35. The summed E-state index contributed by atoms with van der Waals surface area (Å²) in [5.74, 6) is 1.04. The van der Waals surface area contributed by atoms with Crippen LogP contribution in [0.25, 0.3) is 0 Å². The molecule has 0 spiro atoms. The predicted octanol–water partition coefficient (Wildman–Crippen LogP) is 2.77. The summed E-state index contributed by atoms with van der Waals surface area (Å²) in [7, 11) is -3.57. The lowest BCUT2D eigenvalue weighted by atomic mass is 10.2. The lowest BCUT2D eigenvalue weighted by Gasteiger charge is -2.03. The number of hydrogen-bond donors (Lipinski definition) is 0. The van der Waals surface area contributed by atoms with E-state index in [2.05, 4.69) is 4.98 Å². The van der Waals surface area contributed by atoms with Gasteiger partial charge in [0, 0.05) is 6.42 Å². The smallest absolute Gasteiger partial charge is 0.227 e. The van der Waals surface area contributed by atoms with Crippen LogP contribution in [0.4, 0.5) is 0 Å². The van der Waals surface area contributed by atoms with Gasteiger partial charge in [-0.3, -0.25) is 0 Å². The largest absolute Gasteiger partial charge is 0.447 e. The van der Waals surface area contributed by atoms with Crippen LogP contribution in [0.3, 0.4) is 0 Å². The van der Waals surface area contributed by atoms with Gasteiger partial charge in [-0.25, -0.2) is 13.4 Å². The molecule has 2 aromatic rings. The summed E-state index contributed by atoms with van der Waals surface area (Å²) in [6.45, 7) is 1.92. The molecule has 0 saturated heterocycles. The molecule has 1 aromatic heterocycles. The molecule has 0 radical (unpaired) electrons. The van der Waals surface area contributed by atoms with E-state index < -0.39 is 9.84 Å². The fourth-order valence-electron chi connectivity index (χ4n) is 2.03. The summed E-state index contributed by atoms with van der Waals surface area (Å²) in [6.07, 6.45) is 4.18. The Morgan fingerprint density at radius 3 is 2.58 bits per heavy atom. The van der Waals surface area contributed by atoms with E-state index >= 15 is 0 Å². The molecule has 0 amide bonds. The topological polar surface area (TPSA) is 60.2 Å². The van der Waals surface area contributed by atoms with Crippen LogP contribution >= 0.6 is 0 Å². The summed E-state index contributed by atoms with van der Waals surface area (Å²) < 4.78 is 30.3. The van der Waals surface area contributed by atoms with Crippen molar-refractivity contribution in [2.24, 2.45) is 5.92 Å². The van der Waals surface area contributed by atoms with E-state index in [4.69, 9.17) is 4.42 Å². The standard InChI is InChI=1S/C14H15NO3S/c1-10-2-6-12(7-3-10)19(16,17)14-13(18-9-15-14)8-11-4-5-11/h2-3,6-7,9,11H,4-5,8H2,1H3. The van der Waals surface area contributed by atoms with Gasteiger partial charge in [0.05, 0.1) is 4.90 Å². The molecule has 0 bridgehead atoms. The second-order valence-corrected chi connectivity index (χ2v) is 6.91. The molecule has 0 unspecified atom stereocenters.